The zero-order valence-electron chi connectivity index (χ0n) is 7.14. The molecule has 0 aliphatic heterocycles. The van der Waals surface area contributed by atoms with Crippen LogP contribution in [-0.2, 0) is 0 Å². The number of hydrogen-bond donors (Lipinski definition) is 3. The van der Waals surface area contributed by atoms with Crippen molar-refractivity contribution in [3.63, 3.8) is 0 Å². The zero-order chi connectivity index (χ0) is 10.1. The molecule has 0 fully saturated rings. The normalized spacial score (nSPS) is 10.3. The summed E-state index contributed by atoms with van der Waals surface area (Å²) in [4.78, 5) is 4.06. The van der Waals surface area contributed by atoms with Crippen molar-refractivity contribution in [2.45, 2.75) is 0 Å². The number of hydrogen-bond acceptors (Lipinski definition) is 5. The van der Waals surface area contributed by atoms with Gasteiger partial charge < -0.3 is 15.9 Å². The second kappa shape index (κ2) is 3.19. The summed E-state index contributed by atoms with van der Waals surface area (Å²) in [6.45, 7) is 0. The van der Waals surface area contributed by atoms with Crippen LogP contribution < -0.4 is 5.73 Å². The highest BCUT2D eigenvalue weighted by Gasteiger charge is 2.05. The SMILES string of the molecule is Nc1csc(-c2ccc(O)c(O)c2)n1. The summed E-state index contributed by atoms with van der Waals surface area (Å²) in [6.07, 6.45) is 0. The van der Waals surface area contributed by atoms with Crippen LogP contribution in [0.3, 0.4) is 0 Å². The summed E-state index contributed by atoms with van der Waals surface area (Å²) in [5, 5.41) is 20.8. The molecule has 4 N–H and O–H groups in total. The average molecular weight is 208 g/mol. The van der Waals surface area contributed by atoms with E-state index in [4.69, 9.17) is 10.8 Å². The van der Waals surface area contributed by atoms with E-state index < -0.39 is 0 Å². The van der Waals surface area contributed by atoms with Crippen LogP contribution in [0, 0.1) is 0 Å². The monoisotopic (exact) mass is 208 g/mol. The van der Waals surface area contributed by atoms with E-state index >= 15 is 0 Å². The van der Waals surface area contributed by atoms with Crippen LogP contribution in [0.5, 0.6) is 11.5 Å². The largest absolute Gasteiger partial charge is 0.504 e. The summed E-state index contributed by atoms with van der Waals surface area (Å²) < 4.78 is 0. The molecule has 2 aromatic rings. The van der Waals surface area contributed by atoms with Crippen molar-refractivity contribution >= 4 is 17.2 Å². The van der Waals surface area contributed by atoms with Gasteiger partial charge in [-0.3, -0.25) is 0 Å². The van der Waals surface area contributed by atoms with Crippen LogP contribution >= 0.6 is 11.3 Å². The summed E-state index contributed by atoms with van der Waals surface area (Å²) >= 11 is 1.39. The van der Waals surface area contributed by atoms with Gasteiger partial charge >= 0.3 is 0 Å². The lowest BCUT2D eigenvalue weighted by Gasteiger charge is -1.99. The molecule has 72 valence electrons. The third-order valence-corrected chi connectivity index (χ3v) is 2.65. The number of phenols is 2. The van der Waals surface area contributed by atoms with Gasteiger partial charge in [0.25, 0.3) is 0 Å². The number of aromatic nitrogens is 1. The lowest BCUT2D eigenvalue weighted by atomic mass is 10.2. The molecule has 0 amide bonds. The van der Waals surface area contributed by atoms with Gasteiger partial charge in [-0.1, -0.05) is 0 Å². The number of benzene rings is 1. The molecule has 0 saturated heterocycles. The molecule has 14 heavy (non-hydrogen) atoms. The highest BCUT2D eigenvalue weighted by atomic mass is 32.1. The third-order valence-electron chi connectivity index (χ3n) is 1.74. The van der Waals surface area contributed by atoms with Crippen molar-refractivity contribution in [2.75, 3.05) is 5.73 Å². The summed E-state index contributed by atoms with van der Waals surface area (Å²) in [5.74, 6) is 0.159. The van der Waals surface area contributed by atoms with Gasteiger partial charge in [-0.15, -0.1) is 11.3 Å². The van der Waals surface area contributed by atoms with Gasteiger partial charge in [0, 0.05) is 10.9 Å². The lowest BCUT2D eigenvalue weighted by molar-refractivity contribution is 0.404. The maximum absolute atomic E-state index is 9.26. The summed E-state index contributed by atoms with van der Waals surface area (Å²) in [6, 6.07) is 4.54. The summed E-state index contributed by atoms with van der Waals surface area (Å²) in [5.41, 5.74) is 6.21. The Hall–Kier alpha value is -1.75. The Morgan fingerprint density at radius 3 is 2.57 bits per heavy atom. The molecule has 0 radical (unpaired) electrons. The van der Waals surface area contributed by atoms with Gasteiger partial charge in [0.2, 0.25) is 0 Å². The molecule has 2 rings (SSSR count). The first-order chi connectivity index (χ1) is 6.66. The van der Waals surface area contributed by atoms with E-state index in [0.717, 1.165) is 10.6 Å². The van der Waals surface area contributed by atoms with E-state index in [0.29, 0.717) is 5.82 Å². The van der Waals surface area contributed by atoms with E-state index in [9.17, 15) is 5.11 Å². The molecule has 0 saturated carbocycles. The van der Waals surface area contributed by atoms with Gasteiger partial charge in [-0.05, 0) is 18.2 Å². The Bertz CT molecular complexity index is 468. The van der Waals surface area contributed by atoms with E-state index in [1.165, 1.54) is 23.5 Å². The summed E-state index contributed by atoms with van der Waals surface area (Å²) in [7, 11) is 0. The van der Waals surface area contributed by atoms with Crippen LogP contribution in [0.25, 0.3) is 10.6 Å². The first kappa shape index (κ1) is 8.83. The number of thiazole rings is 1. The van der Waals surface area contributed by atoms with E-state index in [-0.39, 0.29) is 11.5 Å². The third kappa shape index (κ3) is 1.49. The predicted molar refractivity (Wildman–Crippen MR) is 55.3 cm³/mol. The number of aromatic hydroxyl groups is 2. The number of anilines is 1. The van der Waals surface area contributed by atoms with Gasteiger partial charge in [-0.25, -0.2) is 4.98 Å². The molecule has 1 heterocycles. The minimum atomic E-state index is -0.156. The zero-order valence-corrected chi connectivity index (χ0v) is 7.95. The molecule has 0 bridgehead atoms. The van der Waals surface area contributed by atoms with Crippen molar-refractivity contribution in [2.24, 2.45) is 0 Å². The number of nitrogens with zero attached hydrogens (tertiary/aromatic N) is 1. The number of phenolic OH excluding ortho intramolecular Hbond substituents is 2. The minimum absolute atomic E-state index is 0.140. The lowest BCUT2D eigenvalue weighted by Crippen LogP contribution is -1.83. The van der Waals surface area contributed by atoms with Gasteiger partial charge in [-0.2, -0.15) is 0 Å². The standard InChI is InChI=1S/C9H8N2O2S/c10-8-4-14-9(11-8)5-1-2-6(12)7(13)3-5/h1-4,12-13H,10H2. The first-order valence-corrected chi connectivity index (χ1v) is 4.78. The van der Waals surface area contributed by atoms with Crippen LogP contribution in [0.15, 0.2) is 23.6 Å². The Labute approximate surface area is 84.3 Å². The Balaban J connectivity index is 2.47. The van der Waals surface area contributed by atoms with Crippen molar-refractivity contribution < 1.29 is 10.2 Å². The molecule has 1 aromatic heterocycles. The highest BCUT2D eigenvalue weighted by Crippen LogP contribution is 2.32. The molecule has 0 aliphatic rings. The van der Waals surface area contributed by atoms with Crippen molar-refractivity contribution in [3.05, 3.63) is 23.6 Å². The second-order valence-electron chi connectivity index (χ2n) is 2.78. The van der Waals surface area contributed by atoms with Crippen LogP contribution in [0.2, 0.25) is 0 Å². The fourth-order valence-corrected chi connectivity index (χ4v) is 1.78. The van der Waals surface area contributed by atoms with Crippen molar-refractivity contribution in [3.8, 4) is 22.1 Å². The van der Waals surface area contributed by atoms with Crippen LogP contribution in [0.1, 0.15) is 0 Å². The highest BCUT2D eigenvalue weighted by molar-refractivity contribution is 7.13. The van der Waals surface area contributed by atoms with E-state index in [1.54, 1.807) is 11.4 Å². The van der Waals surface area contributed by atoms with E-state index in [2.05, 4.69) is 4.98 Å². The number of nitrogen functional groups attached to an aromatic ring is 1. The number of nitrogens with two attached hydrogens (primary N) is 1. The molecule has 0 aliphatic carbocycles. The van der Waals surface area contributed by atoms with Crippen LogP contribution in [-0.4, -0.2) is 15.2 Å². The molecule has 0 unspecified atom stereocenters. The maximum atomic E-state index is 9.26. The molecule has 0 atom stereocenters. The second-order valence-corrected chi connectivity index (χ2v) is 3.64. The topological polar surface area (TPSA) is 79.4 Å². The maximum Gasteiger partial charge on any atom is 0.158 e. The molecular weight excluding hydrogens is 200 g/mol. The van der Waals surface area contributed by atoms with Gasteiger partial charge in [0.1, 0.15) is 10.8 Å². The molecule has 4 nitrogen and oxygen atoms in total. The van der Waals surface area contributed by atoms with Gasteiger partial charge in [0.15, 0.2) is 11.5 Å². The molecule has 5 heteroatoms. The average Bonchev–Trinajstić information content (AvgIpc) is 2.57. The van der Waals surface area contributed by atoms with Gasteiger partial charge in [0.05, 0.1) is 0 Å². The Morgan fingerprint density at radius 1 is 1.21 bits per heavy atom. The Morgan fingerprint density at radius 2 is 2.00 bits per heavy atom. The smallest absolute Gasteiger partial charge is 0.158 e. The number of rotatable bonds is 1. The predicted octanol–water partition coefficient (Wildman–Crippen LogP) is 1.80. The minimum Gasteiger partial charge on any atom is -0.504 e. The van der Waals surface area contributed by atoms with Crippen molar-refractivity contribution in [1.29, 1.82) is 0 Å². The van der Waals surface area contributed by atoms with Crippen LogP contribution in [0.4, 0.5) is 5.82 Å². The first-order valence-electron chi connectivity index (χ1n) is 3.90. The quantitative estimate of drug-likeness (QED) is 0.624. The fourth-order valence-electron chi connectivity index (χ4n) is 1.08. The Kier molecular flexibility index (Phi) is 2.01. The molecular formula is C9H8N2O2S. The fraction of sp³-hybridized carbons (Fsp3) is 0. The molecule has 0 spiro atoms. The van der Waals surface area contributed by atoms with Crippen molar-refractivity contribution in [1.82, 2.24) is 4.98 Å². The molecule has 1 aromatic carbocycles. The van der Waals surface area contributed by atoms with E-state index in [1.807, 2.05) is 0 Å².